The van der Waals surface area contributed by atoms with Crippen LogP contribution in [0.5, 0.6) is 0 Å². The van der Waals surface area contributed by atoms with Crippen LogP contribution in [-0.2, 0) is 23.0 Å². The van der Waals surface area contributed by atoms with Crippen LogP contribution in [0.2, 0.25) is 0 Å². The van der Waals surface area contributed by atoms with Crippen molar-refractivity contribution in [3.05, 3.63) is 29.3 Å². The summed E-state index contributed by atoms with van der Waals surface area (Å²) in [5, 5.41) is 0. The molecular weight excluding hydrogens is 284 g/mol. The van der Waals surface area contributed by atoms with E-state index in [2.05, 4.69) is 6.92 Å². The number of benzene rings is 1. The van der Waals surface area contributed by atoms with Gasteiger partial charge in [0.2, 0.25) is 10.0 Å². The molecule has 5 heteroatoms. The highest BCUT2D eigenvalue weighted by Gasteiger charge is 2.31. The third-order valence-corrected chi connectivity index (χ3v) is 6.37. The lowest BCUT2D eigenvalue weighted by atomic mass is 9.97. The molecule has 1 aliphatic rings. The summed E-state index contributed by atoms with van der Waals surface area (Å²) >= 11 is 0. The molecule has 1 unspecified atom stereocenters. The molecule has 4 nitrogen and oxygen atoms in total. The molecule has 2 rings (SSSR count). The fourth-order valence-electron chi connectivity index (χ4n) is 2.98. The minimum atomic E-state index is -3.40. The second-order valence-electron chi connectivity index (χ2n) is 5.78. The molecule has 1 fully saturated rings. The van der Waals surface area contributed by atoms with Crippen molar-refractivity contribution >= 4 is 10.0 Å². The van der Waals surface area contributed by atoms with Crippen LogP contribution in [0.3, 0.4) is 0 Å². The molecule has 0 radical (unpaired) electrons. The van der Waals surface area contributed by atoms with Crippen LogP contribution in [0.15, 0.2) is 23.1 Å². The Morgan fingerprint density at radius 2 is 2.10 bits per heavy atom. The van der Waals surface area contributed by atoms with Crippen LogP contribution in [0, 0.1) is 5.92 Å². The van der Waals surface area contributed by atoms with Crippen molar-refractivity contribution in [2.24, 2.45) is 11.7 Å². The molecule has 1 aliphatic heterocycles. The molecule has 1 heterocycles. The Hall–Kier alpha value is -0.910. The topological polar surface area (TPSA) is 63.4 Å². The van der Waals surface area contributed by atoms with Gasteiger partial charge in [-0.3, -0.25) is 0 Å². The van der Waals surface area contributed by atoms with Gasteiger partial charge in [0.1, 0.15) is 0 Å². The number of rotatable bonds is 5. The average Bonchev–Trinajstić information content (AvgIpc) is 2.54. The third-order valence-electron chi connectivity index (χ3n) is 4.43. The second kappa shape index (κ2) is 6.90. The average molecular weight is 310 g/mol. The zero-order chi connectivity index (χ0) is 15.5. The van der Waals surface area contributed by atoms with Gasteiger partial charge in [-0.1, -0.05) is 32.4 Å². The molecule has 0 bridgehead atoms. The highest BCUT2D eigenvalue weighted by atomic mass is 32.2. The maximum atomic E-state index is 13.0. The lowest BCUT2D eigenvalue weighted by molar-refractivity contribution is 0.261. The lowest BCUT2D eigenvalue weighted by Crippen LogP contribution is -2.40. The molecule has 2 N–H and O–H groups in total. The zero-order valence-electron chi connectivity index (χ0n) is 13.0. The lowest BCUT2D eigenvalue weighted by Gasteiger charge is -2.32. The van der Waals surface area contributed by atoms with Crippen LogP contribution < -0.4 is 5.73 Å². The van der Waals surface area contributed by atoms with E-state index in [1.54, 1.807) is 10.4 Å². The van der Waals surface area contributed by atoms with Crippen molar-refractivity contribution < 1.29 is 8.42 Å². The van der Waals surface area contributed by atoms with E-state index in [9.17, 15) is 8.42 Å². The number of hydrogen-bond donors (Lipinski definition) is 1. The van der Waals surface area contributed by atoms with Crippen molar-refractivity contribution in [1.29, 1.82) is 0 Å². The molecule has 21 heavy (non-hydrogen) atoms. The summed E-state index contributed by atoms with van der Waals surface area (Å²) in [4.78, 5) is 0.449. The Labute approximate surface area is 128 Å². The molecule has 1 atom stereocenters. The molecule has 0 aromatic heterocycles. The number of aryl methyl sites for hydroxylation is 1. The van der Waals surface area contributed by atoms with Gasteiger partial charge >= 0.3 is 0 Å². The summed E-state index contributed by atoms with van der Waals surface area (Å²) in [6.45, 7) is 5.77. The fraction of sp³-hybridized carbons (Fsp3) is 0.625. The normalized spacial score (nSPS) is 20.6. The van der Waals surface area contributed by atoms with Crippen LogP contribution in [0.4, 0.5) is 0 Å². The van der Waals surface area contributed by atoms with Gasteiger partial charge in [0, 0.05) is 19.6 Å². The van der Waals surface area contributed by atoms with Gasteiger partial charge in [-0.2, -0.15) is 4.31 Å². The van der Waals surface area contributed by atoms with Gasteiger partial charge in [0.15, 0.2) is 0 Å². The van der Waals surface area contributed by atoms with E-state index in [0.717, 1.165) is 30.4 Å². The predicted octanol–water partition coefficient (Wildman–Crippen LogP) is 2.52. The summed E-state index contributed by atoms with van der Waals surface area (Å²) in [7, 11) is -3.40. The minimum Gasteiger partial charge on any atom is -0.326 e. The maximum absolute atomic E-state index is 13.0. The first kappa shape index (κ1) is 16.5. The van der Waals surface area contributed by atoms with Gasteiger partial charge in [-0.05, 0) is 42.4 Å². The molecule has 0 aliphatic carbocycles. The van der Waals surface area contributed by atoms with Crippen LogP contribution in [0.1, 0.15) is 44.2 Å². The van der Waals surface area contributed by atoms with Crippen molar-refractivity contribution in [2.45, 2.75) is 51.0 Å². The summed E-state index contributed by atoms with van der Waals surface area (Å²) in [5.74, 6) is 0.483. The summed E-state index contributed by atoms with van der Waals surface area (Å²) in [6.07, 6.45) is 3.84. The molecular formula is C16H26N2O2S. The van der Waals surface area contributed by atoms with E-state index in [4.69, 9.17) is 5.73 Å². The Balaban J connectivity index is 2.38. The van der Waals surface area contributed by atoms with Crippen molar-refractivity contribution in [3.8, 4) is 0 Å². The second-order valence-corrected chi connectivity index (χ2v) is 7.69. The van der Waals surface area contributed by atoms with Gasteiger partial charge in [0.25, 0.3) is 0 Å². The Morgan fingerprint density at radius 1 is 1.33 bits per heavy atom. The molecule has 1 aromatic carbocycles. The number of sulfonamides is 1. The summed E-state index contributed by atoms with van der Waals surface area (Å²) in [5.41, 5.74) is 7.42. The minimum absolute atomic E-state index is 0.365. The zero-order valence-corrected chi connectivity index (χ0v) is 13.8. The Kier molecular flexibility index (Phi) is 5.41. The number of hydrogen-bond acceptors (Lipinski definition) is 3. The molecule has 0 saturated carbocycles. The monoisotopic (exact) mass is 310 g/mol. The van der Waals surface area contributed by atoms with Crippen LogP contribution in [0.25, 0.3) is 0 Å². The van der Waals surface area contributed by atoms with Crippen molar-refractivity contribution in [1.82, 2.24) is 4.31 Å². The molecule has 1 aromatic rings. The quantitative estimate of drug-likeness (QED) is 0.909. The predicted molar refractivity (Wildman–Crippen MR) is 85.5 cm³/mol. The summed E-state index contributed by atoms with van der Waals surface area (Å²) in [6, 6.07) is 5.57. The van der Waals surface area contributed by atoms with Gasteiger partial charge in [-0.25, -0.2) is 8.42 Å². The van der Waals surface area contributed by atoms with Gasteiger partial charge in [-0.15, -0.1) is 0 Å². The molecule has 1 saturated heterocycles. The van der Waals surface area contributed by atoms with Crippen LogP contribution in [-0.4, -0.2) is 25.8 Å². The molecule has 118 valence electrons. The van der Waals surface area contributed by atoms with Crippen molar-refractivity contribution in [3.63, 3.8) is 0 Å². The number of nitrogens with two attached hydrogens (primary N) is 1. The van der Waals surface area contributed by atoms with E-state index in [1.807, 2.05) is 19.1 Å². The largest absolute Gasteiger partial charge is 0.326 e. The van der Waals surface area contributed by atoms with E-state index >= 15 is 0 Å². The fourth-order valence-corrected chi connectivity index (χ4v) is 4.87. The van der Waals surface area contributed by atoms with Crippen LogP contribution >= 0.6 is 0 Å². The Bertz CT molecular complexity index is 584. The molecule has 0 spiro atoms. The van der Waals surface area contributed by atoms with E-state index in [-0.39, 0.29) is 0 Å². The SMILES string of the molecule is CCc1ccc(CN)cc1S(=O)(=O)N1CCCC(CC)C1. The first-order valence-corrected chi connectivity index (χ1v) is 9.28. The highest BCUT2D eigenvalue weighted by Crippen LogP contribution is 2.28. The smallest absolute Gasteiger partial charge is 0.243 e. The number of nitrogens with zero attached hydrogens (tertiary/aromatic N) is 1. The number of piperidine rings is 1. The van der Waals surface area contributed by atoms with E-state index in [1.165, 1.54) is 0 Å². The van der Waals surface area contributed by atoms with Crippen molar-refractivity contribution in [2.75, 3.05) is 13.1 Å². The first-order valence-electron chi connectivity index (χ1n) is 7.84. The standard InChI is InChI=1S/C16H26N2O2S/c1-3-13-6-5-9-18(12-13)21(19,20)16-10-14(11-17)7-8-15(16)4-2/h7-8,10,13H,3-6,9,11-12,17H2,1-2H3. The molecule has 0 amide bonds. The third kappa shape index (κ3) is 3.47. The maximum Gasteiger partial charge on any atom is 0.243 e. The van der Waals surface area contributed by atoms with E-state index in [0.29, 0.717) is 36.9 Å². The van der Waals surface area contributed by atoms with E-state index < -0.39 is 10.0 Å². The summed E-state index contributed by atoms with van der Waals surface area (Å²) < 4.78 is 27.6. The highest BCUT2D eigenvalue weighted by molar-refractivity contribution is 7.89. The first-order chi connectivity index (χ1) is 10.0. The van der Waals surface area contributed by atoms with Gasteiger partial charge < -0.3 is 5.73 Å². The van der Waals surface area contributed by atoms with Gasteiger partial charge in [0.05, 0.1) is 4.90 Å². The Morgan fingerprint density at radius 3 is 2.71 bits per heavy atom.